The number of aryl methyl sites for hydroxylation is 1. The van der Waals surface area contributed by atoms with E-state index in [-0.39, 0.29) is 5.82 Å². The van der Waals surface area contributed by atoms with E-state index in [9.17, 15) is 4.39 Å². The topological polar surface area (TPSA) is 0 Å². The average Bonchev–Trinajstić information content (AvgIpc) is 1.91. The van der Waals surface area contributed by atoms with Crippen LogP contribution in [0.5, 0.6) is 0 Å². The second-order valence-corrected chi connectivity index (χ2v) is 1.80. The average molecular weight is 205 g/mol. The lowest BCUT2D eigenvalue weighted by atomic mass is 10.2. The molecule has 0 aliphatic carbocycles. The summed E-state index contributed by atoms with van der Waals surface area (Å²) < 4.78 is 12.2. The zero-order valence-corrected chi connectivity index (χ0v) is 7.65. The van der Waals surface area contributed by atoms with Gasteiger partial charge in [-0.15, -0.1) is 0 Å². The molecule has 0 aliphatic rings. The van der Waals surface area contributed by atoms with Crippen LogP contribution in [0.2, 0.25) is 0 Å². The van der Waals surface area contributed by atoms with Gasteiger partial charge in [0.05, 0.1) is 0 Å². The third-order valence-electron chi connectivity index (χ3n) is 0.980. The number of rotatable bonds is 0. The van der Waals surface area contributed by atoms with Gasteiger partial charge in [0.15, 0.2) is 0 Å². The SMILES string of the molecule is CBr.Cc1cccc(F)c1. The minimum Gasteiger partial charge on any atom is -0.207 e. The predicted octanol–water partition coefficient (Wildman–Crippen LogP) is 3.15. The highest BCUT2D eigenvalue weighted by molar-refractivity contribution is 9.08. The van der Waals surface area contributed by atoms with Gasteiger partial charge in [-0.1, -0.05) is 28.1 Å². The second kappa shape index (κ2) is 5.42. The Labute approximate surface area is 69.2 Å². The molecule has 0 spiro atoms. The van der Waals surface area contributed by atoms with E-state index in [0.29, 0.717) is 0 Å². The summed E-state index contributed by atoms with van der Waals surface area (Å²) in [5, 5.41) is 0. The molecule has 0 saturated carbocycles. The summed E-state index contributed by atoms with van der Waals surface area (Å²) in [6.45, 7) is 1.86. The third-order valence-corrected chi connectivity index (χ3v) is 0.980. The normalized spacial score (nSPS) is 8.00. The van der Waals surface area contributed by atoms with Crippen LogP contribution in [0.1, 0.15) is 5.56 Å². The predicted molar refractivity (Wildman–Crippen MR) is 46.0 cm³/mol. The summed E-state index contributed by atoms with van der Waals surface area (Å²) >= 11 is 2.94. The van der Waals surface area contributed by atoms with Crippen LogP contribution < -0.4 is 0 Å². The van der Waals surface area contributed by atoms with Crippen molar-refractivity contribution in [2.75, 3.05) is 5.83 Å². The third kappa shape index (κ3) is 3.62. The molecule has 0 aromatic heterocycles. The van der Waals surface area contributed by atoms with E-state index in [4.69, 9.17) is 0 Å². The summed E-state index contributed by atoms with van der Waals surface area (Å²) in [6, 6.07) is 6.50. The molecule has 0 bridgehead atoms. The molecule has 0 atom stereocenters. The van der Waals surface area contributed by atoms with E-state index in [1.807, 2.05) is 18.8 Å². The molecule has 0 heterocycles. The zero-order chi connectivity index (χ0) is 7.98. The van der Waals surface area contributed by atoms with Crippen LogP contribution in [0.4, 0.5) is 4.39 Å². The Morgan fingerprint density at radius 3 is 2.20 bits per heavy atom. The Balaban J connectivity index is 0.000000371. The molecule has 0 amide bonds. The first-order valence-electron chi connectivity index (χ1n) is 2.89. The van der Waals surface area contributed by atoms with Crippen molar-refractivity contribution in [1.82, 2.24) is 0 Å². The molecule has 0 unspecified atom stereocenters. The number of alkyl halides is 1. The molecule has 0 saturated heterocycles. The molecule has 1 rings (SSSR count). The standard InChI is InChI=1S/C7H7F.CH3Br/c1-6-3-2-4-7(8)5-6;1-2/h2-5H,1H3;1H3. The first-order chi connectivity index (χ1) is 4.79. The number of benzene rings is 1. The van der Waals surface area contributed by atoms with Crippen molar-refractivity contribution in [1.29, 1.82) is 0 Å². The van der Waals surface area contributed by atoms with Crippen molar-refractivity contribution in [3.05, 3.63) is 35.6 Å². The van der Waals surface area contributed by atoms with Crippen LogP contribution in [0, 0.1) is 12.7 Å². The second-order valence-electron chi connectivity index (χ2n) is 1.80. The Bertz CT molecular complexity index is 169. The van der Waals surface area contributed by atoms with Gasteiger partial charge in [0.25, 0.3) is 0 Å². The maximum absolute atomic E-state index is 12.2. The highest BCUT2D eigenvalue weighted by Gasteiger charge is 1.84. The van der Waals surface area contributed by atoms with Crippen molar-refractivity contribution in [2.24, 2.45) is 0 Å². The molecule has 2 heteroatoms. The highest BCUT2D eigenvalue weighted by atomic mass is 79.9. The molecule has 10 heavy (non-hydrogen) atoms. The first kappa shape index (κ1) is 9.63. The molecule has 0 fully saturated rings. The minimum atomic E-state index is -0.162. The summed E-state index contributed by atoms with van der Waals surface area (Å²) in [4.78, 5) is 0. The maximum atomic E-state index is 12.2. The molecule has 1 aromatic rings. The van der Waals surface area contributed by atoms with E-state index >= 15 is 0 Å². The fourth-order valence-electron chi connectivity index (χ4n) is 0.606. The van der Waals surface area contributed by atoms with Crippen molar-refractivity contribution in [3.8, 4) is 0 Å². The van der Waals surface area contributed by atoms with E-state index in [1.54, 1.807) is 6.07 Å². The van der Waals surface area contributed by atoms with Gasteiger partial charge in [0.1, 0.15) is 5.82 Å². The molecular weight excluding hydrogens is 195 g/mol. The molecule has 0 aliphatic heterocycles. The monoisotopic (exact) mass is 204 g/mol. The van der Waals surface area contributed by atoms with Crippen LogP contribution in [-0.4, -0.2) is 5.83 Å². The van der Waals surface area contributed by atoms with Gasteiger partial charge in [-0.3, -0.25) is 0 Å². The van der Waals surface area contributed by atoms with E-state index < -0.39 is 0 Å². The van der Waals surface area contributed by atoms with E-state index in [2.05, 4.69) is 15.9 Å². The van der Waals surface area contributed by atoms with Gasteiger partial charge in [0, 0.05) is 0 Å². The van der Waals surface area contributed by atoms with Gasteiger partial charge >= 0.3 is 0 Å². The maximum Gasteiger partial charge on any atom is 0.123 e. The number of hydrogen-bond acceptors (Lipinski definition) is 0. The summed E-state index contributed by atoms with van der Waals surface area (Å²) in [6.07, 6.45) is 0. The molecule has 0 nitrogen and oxygen atoms in total. The Morgan fingerprint density at radius 1 is 1.30 bits per heavy atom. The van der Waals surface area contributed by atoms with Gasteiger partial charge in [-0.25, -0.2) is 4.39 Å². The van der Waals surface area contributed by atoms with Crippen LogP contribution in [-0.2, 0) is 0 Å². The first-order valence-corrected chi connectivity index (χ1v) is 4.47. The fourth-order valence-corrected chi connectivity index (χ4v) is 0.606. The van der Waals surface area contributed by atoms with E-state index in [0.717, 1.165) is 5.56 Å². The van der Waals surface area contributed by atoms with Gasteiger partial charge in [-0.2, -0.15) is 0 Å². The molecular formula is C8H10BrF. The lowest BCUT2D eigenvalue weighted by Gasteiger charge is -1.87. The largest absolute Gasteiger partial charge is 0.207 e. The fraction of sp³-hybridized carbons (Fsp3) is 0.250. The van der Waals surface area contributed by atoms with Crippen LogP contribution in [0.25, 0.3) is 0 Å². The van der Waals surface area contributed by atoms with E-state index in [1.165, 1.54) is 12.1 Å². The lowest BCUT2D eigenvalue weighted by molar-refractivity contribution is 0.626. The van der Waals surface area contributed by atoms with Crippen molar-refractivity contribution < 1.29 is 4.39 Å². The van der Waals surface area contributed by atoms with Crippen molar-refractivity contribution >= 4 is 15.9 Å². The Hall–Kier alpha value is -0.370. The highest BCUT2D eigenvalue weighted by Crippen LogP contribution is 1.99. The number of halogens is 2. The van der Waals surface area contributed by atoms with Crippen molar-refractivity contribution in [2.45, 2.75) is 6.92 Å². The van der Waals surface area contributed by atoms with Gasteiger partial charge in [0.2, 0.25) is 0 Å². The van der Waals surface area contributed by atoms with Gasteiger partial charge in [-0.05, 0) is 30.5 Å². The van der Waals surface area contributed by atoms with Crippen LogP contribution >= 0.6 is 15.9 Å². The Kier molecular flexibility index (Phi) is 5.22. The number of hydrogen-bond donors (Lipinski definition) is 0. The summed E-state index contributed by atoms with van der Waals surface area (Å²) in [5.41, 5.74) is 0.963. The molecule has 0 N–H and O–H groups in total. The minimum absolute atomic E-state index is 0.162. The van der Waals surface area contributed by atoms with Gasteiger partial charge < -0.3 is 0 Å². The zero-order valence-electron chi connectivity index (χ0n) is 6.07. The van der Waals surface area contributed by atoms with Crippen LogP contribution in [0.15, 0.2) is 24.3 Å². The molecule has 56 valence electrons. The smallest absolute Gasteiger partial charge is 0.123 e. The summed E-state index contributed by atoms with van der Waals surface area (Å²) in [5.74, 6) is 1.65. The summed E-state index contributed by atoms with van der Waals surface area (Å²) in [7, 11) is 0. The van der Waals surface area contributed by atoms with Crippen molar-refractivity contribution in [3.63, 3.8) is 0 Å². The lowest BCUT2D eigenvalue weighted by Crippen LogP contribution is -1.72. The quantitative estimate of drug-likeness (QED) is 0.570. The van der Waals surface area contributed by atoms with Crippen LogP contribution in [0.3, 0.4) is 0 Å². The molecule has 0 radical (unpaired) electrons. The Morgan fingerprint density at radius 2 is 1.90 bits per heavy atom. The molecule has 1 aromatic carbocycles.